The van der Waals surface area contributed by atoms with Crippen molar-refractivity contribution in [3.05, 3.63) is 78.1 Å². The number of nitrogens with zero attached hydrogens (tertiary/aromatic N) is 2. The van der Waals surface area contributed by atoms with Crippen molar-refractivity contribution in [2.75, 3.05) is 6.54 Å². The fraction of sp³-hybridized carbons (Fsp3) is 0.364. The van der Waals surface area contributed by atoms with Gasteiger partial charge in [-0.15, -0.1) is 0 Å². The Labute approximate surface area is 183 Å². The van der Waals surface area contributed by atoms with Crippen molar-refractivity contribution in [1.29, 1.82) is 0 Å². The van der Waals surface area contributed by atoms with Gasteiger partial charge in [0, 0.05) is 25.2 Å². The molecule has 0 unspecified atom stereocenters. The Bertz CT molecular complexity index is 722. The normalized spacial score (nSPS) is 19.9. The number of hydrogen-bond donors (Lipinski definition) is 1. The number of pyridine rings is 1. The van der Waals surface area contributed by atoms with E-state index in [1.807, 2.05) is 24.4 Å². The summed E-state index contributed by atoms with van der Waals surface area (Å²) in [6, 6.07) is 17.1. The Kier molecular flexibility index (Phi) is 9.22. The Morgan fingerprint density at radius 1 is 1.15 bits per heavy atom. The number of carboxylic acids is 1. The SMILES string of the molecule is O=C(O)CC/C=C\C[C@@H]1CCN(Cc2ccccn2)[C@@H]1c1ccccc1.[NaH]. The molecule has 0 saturated carbocycles. The monoisotopic (exact) mass is 374 g/mol. The fourth-order valence-electron chi connectivity index (χ4n) is 3.78. The molecule has 1 fully saturated rings. The molecule has 2 atom stereocenters. The van der Waals surface area contributed by atoms with Gasteiger partial charge in [-0.2, -0.15) is 0 Å². The van der Waals surface area contributed by atoms with Crippen molar-refractivity contribution < 1.29 is 9.90 Å². The molecule has 138 valence electrons. The molecule has 2 aromatic rings. The molecular weight excluding hydrogens is 347 g/mol. The van der Waals surface area contributed by atoms with E-state index in [0.29, 0.717) is 18.4 Å². The van der Waals surface area contributed by atoms with Gasteiger partial charge in [-0.05, 0) is 49.4 Å². The van der Waals surface area contributed by atoms with E-state index in [4.69, 9.17) is 5.11 Å². The molecule has 0 radical (unpaired) electrons. The summed E-state index contributed by atoms with van der Waals surface area (Å²) in [6.45, 7) is 1.92. The molecular formula is C22H27N2NaO2. The van der Waals surface area contributed by atoms with Crippen molar-refractivity contribution >= 4 is 35.5 Å². The van der Waals surface area contributed by atoms with Crippen LogP contribution in [0.5, 0.6) is 0 Å². The van der Waals surface area contributed by atoms with Gasteiger partial charge in [0.15, 0.2) is 0 Å². The van der Waals surface area contributed by atoms with Gasteiger partial charge in [-0.3, -0.25) is 14.7 Å². The van der Waals surface area contributed by atoms with Crippen molar-refractivity contribution in [3.8, 4) is 0 Å². The number of carboxylic acid groups (broad SMARTS) is 1. The maximum atomic E-state index is 10.6. The summed E-state index contributed by atoms with van der Waals surface area (Å²) in [7, 11) is 0. The van der Waals surface area contributed by atoms with Gasteiger partial charge in [0.05, 0.1) is 5.69 Å². The van der Waals surface area contributed by atoms with Gasteiger partial charge < -0.3 is 5.11 Å². The first-order valence-corrected chi connectivity index (χ1v) is 9.29. The van der Waals surface area contributed by atoms with Gasteiger partial charge in [0.1, 0.15) is 0 Å². The second-order valence-corrected chi connectivity index (χ2v) is 6.84. The first-order valence-electron chi connectivity index (χ1n) is 9.29. The summed E-state index contributed by atoms with van der Waals surface area (Å²) in [4.78, 5) is 17.6. The quantitative estimate of drug-likeness (QED) is 0.564. The number of aliphatic carboxylic acids is 1. The summed E-state index contributed by atoms with van der Waals surface area (Å²) in [6.07, 6.45) is 8.97. The molecule has 1 aliphatic heterocycles. The Morgan fingerprint density at radius 3 is 2.63 bits per heavy atom. The molecule has 0 aliphatic carbocycles. The average molecular weight is 374 g/mol. The number of hydrogen-bond acceptors (Lipinski definition) is 3. The Hall–Kier alpha value is -1.46. The first kappa shape index (κ1) is 21.8. The third kappa shape index (κ3) is 6.58. The predicted octanol–water partition coefficient (Wildman–Crippen LogP) is 3.81. The number of benzene rings is 1. The number of likely N-dealkylation sites (tertiary alicyclic amines) is 1. The average Bonchev–Trinajstić information content (AvgIpc) is 3.05. The summed E-state index contributed by atoms with van der Waals surface area (Å²) >= 11 is 0. The Morgan fingerprint density at radius 2 is 1.93 bits per heavy atom. The summed E-state index contributed by atoms with van der Waals surface area (Å²) in [5.41, 5.74) is 2.45. The Balaban J connectivity index is 0.00000261. The van der Waals surface area contributed by atoms with Crippen molar-refractivity contribution in [1.82, 2.24) is 9.88 Å². The summed E-state index contributed by atoms with van der Waals surface area (Å²) in [5, 5.41) is 8.74. The van der Waals surface area contributed by atoms with Crippen LogP contribution in [0.15, 0.2) is 66.9 Å². The zero-order valence-electron chi connectivity index (χ0n) is 15.0. The van der Waals surface area contributed by atoms with E-state index >= 15 is 0 Å². The van der Waals surface area contributed by atoms with Crippen LogP contribution in [-0.2, 0) is 11.3 Å². The van der Waals surface area contributed by atoms with Crippen molar-refractivity contribution in [2.45, 2.75) is 38.3 Å². The van der Waals surface area contributed by atoms with E-state index < -0.39 is 5.97 Å². The number of allylic oxidation sites excluding steroid dienone is 2. The summed E-state index contributed by atoms with van der Waals surface area (Å²) < 4.78 is 0. The molecule has 4 nitrogen and oxygen atoms in total. The molecule has 1 aromatic carbocycles. The third-order valence-corrected chi connectivity index (χ3v) is 4.99. The molecule has 1 aliphatic rings. The zero-order valence-corrected chi connectivity index (χ0v) is 15.0. The van der Waals surface area contributed by atoms with E-state index in [1.165, 1.54) is 5.56 Å². The molecule has 0 bridgehead atoms. The molecule has 1 saturated heterocycles. The first-order chi connectivity index (χ1) is 12.7. The number of aromatic nitrogens is 1. The number of rotatable bonds is 8. The maximum absolute atomic E-state index is 10.6. The van der Waals surface area contributed by atoms with E-state index in [9.17, 15) is 4.79 Å². The van der Waals surface area contributed by atoms with E-state index in [1.54, 1.807) is 0 Å². The standard InChI is InChI=1S/C22H26N2O2.Na.H/c25-21(26)13-6-2-5-11-19-14-16-24(17-20-12-7-8-15-23-20)22(19)18-9-3-1-4-10-18;;/h1-5,7-10,12,15,19,22H,6,11,13-14,16-17H2,(H,25,26);;/b5-2-;;/t19-,22-;;/m1../s1. The topological polar surface area (TPSA) is 53.4 Å². The van der Waals surface area contributed by atoms with Crippen LogP contribution in [0, 0.1) is 5.92 Å². The molecule has 2 heterocycles. The van der Waals surface area contributed by atoms with E-state index in [0.717, 1.165) is 31.6 Å². The molecule has 0 spiro atoms. The van der Waals surface area contributed by atoms with E-state index in [-0.39, 0.29) is 36.0 Å². The molecule has 1 aromatic heterocycles. The van der Waals surface area contributed by atoms with Crippen molar-refractivity contribution in [3.63, 3.8) is 0 Å². The third-order valence-electron chi connectivity index (χ3n) is 4.99. The molecule has 0 amide bonds. The van der Waals surface area contributed by atoms with Crippen LogP contribution in [0.2, 0.25) is 0 Å². The second-order valence-electron chi connectivity index (χ2n) is 6.84. The van der Waals surface area contributed by atoms with Crippen molar-refractivity contribution in [2.24, 2.45) is 5.92 Å². The predicted molar refractivity (Wildman–Crippen MR) is 110 cm³/mol. The summed E-state index contributed by atoms with van der Waals surface area (Å²) in [5.74, 6) is -0.193. The number of carbonyl (C=O) groups is 1. The van der Waals surface area contributed by atoms with Gasteiger partial charge in [-0.25, -0.2) is 0 Å². The molecule has 5 heteroatoms. The van der Waals surface area contributed by atoms with Crippen LogP contribution >= 0.6 is 0 Å². The van der Waals surface area contributed by atoms with E-state index in [2.05, 4.69) is 52.4 Å². The van der Waals surface area contributed by atoms with Crippen LogP contribution in [0.1, 0.15) is 43.0 Å². The van der Waals surface area contributed by atoms with Crippen LogP contribution in [0.3, 0.4) is 0 Å². The van der Waals surface area contributed by atoms with Crippen LogP contribution in [0.4, 0.5) is 0 Å². The minimum absolute atomic E-state index is 0. The minimum atomic E-state index is -0.737. The molecule has 1 N–H and O–H groups in total. The van der Waals surface area contributed by atoms with Crippen LogP contribution in [-0.4, -0.2) is 57.1 Å². The van der Waals surface area contributed by atoms with Crippen LogP contribution < -0.4 is 0 Å². The van der Waals surface area contributed by atoms with Gasteiger partial charge in [0.25, 0.3) is 0 Å². The fourth-order valence-corrected chi connectivity index (χ4v) is 3.78. The zero-order chi connectivity index (χ0) is 18.2. The second kappa shape index (κ2) is 11.4. The van der Waals surface area contributed by atoms with Crippen LogP contribution in [0.25, 0.3) is 0 Å². The van der Waals surface area contributed by atoms with Gasteiger partial charge in [0.2, 0.25) is 0 Å². The van der Waals surface area contributed by atoms with Gasteiger partial charge >= 0.3 is 35.5 Å². The molecule has 3 rings (SSSR count). The van der Waals surface area contributed by atoms with Gasteiger partial charge in [-0.1, -0.05) is 48.6 Å². The molecule has 27 heavy (non-hydrogen) atoms.